The highest BCUT2D eigenvalue weighted by atomic mass is 16.4. The lowest BCUT2D eigenvalue weighted by molar-refractivity contribution is -0.123. The maximum absolute atomic E-state index is 12.9. The normalized spacial score (nSPS) is 10.5. The first-order valence-electron chi connectivity index (χ1n) is 12.7. The van der Waals surface area contributed by atoms with Gasteiger partial charge in [0, 0.05) is 45.6 Å². The average Bonchev–Trinajstić information content (AvgIpc) is 3.24. The largest absolute Gasteiger partial charge is 0.465 e. The number of nitrogens with zero attached hydrogens (tertiary/aromatic N) is 3. The molecule has 40 heavy (non-hydrogen) atoms. The number of aromatic nitrogens is 2. The maximum Gasteiger partial charge on any atom is 0.406 e. The van der Waals surface area contributed by atoms with Crippen LogP contribution >= 0.6 is 0 Å². The monoisotopic (exact) mass is 556 g/mol. The van der Waals surface area contributed by atoms with Crippen molar-refractivity contribution in [2.75, 3.05) is 33.9 Å². The van der Waals surface area contributed by atoms with Crippen LogP contribution in [0.4, 0.5) is 10.5 Å². The van der Waals surface area contributed by atoms with Crippen molar-refractivity contribution in [2.45, 2.75) is 46.6 Å². The molecule has 0 aliphatic carbocycles. The van der Waals surface area contributed by atoms with Gasteiger partial charge in [-0.25, -0.2) is 4.79 Å². The minimum atomic E-state index is -0.907. The van der Waals surface area contributed by atoms with Crippen LogP contribution in [0.3, 0.4) is 0 Å². The van der Waals surface area contributed by atoms with E-state index in [1.54, 1.807) is 30.9 Å². The number of nitrogens with one attached hydrogen (secondary N) is 1. The van der Waals surface area contributed by atoms with Crippen molar-refractivity contribution in [3.05, 3.63) is 81.6 Å². The van der Waals surface area contributed by atoms with Crippen molar-refractivity contribution in [2.24, 2.45) is 5.73 Å². The highest BCUT2D eigenvalue weighted by Gasteiger charge is 2.10. The number of hydrogen-bond acceptors (Lipinski definition) is 5. The molecule has 0 unspecified atom stereocenters. The average molecular weight is 557 g/mol. The number of primary amides is 1. The number of hydrogen-bond donors (Lipinski definition) is 4. The molecular formula is C29H44N6O5. The Hall–Kier alpha value is -4.54. The number of likely N-dealkylation sites (N-methyl/N-ethyl adjacent to an activating group) is 1. The van der Waals surface area contributed by atoms with Gasteiger partial charge in [-0.1, -0.05) is 29.9 Å². The van der Waals surface area contributed by atoms with E-state index in [9.17, 15) is 14.4 Å². The molecule has 0 radical (unpaired) electrons. The third-order valence-corrected chi connectivity index (χ3v) is 5.29. The predicted octanol–water partition coefficient (Wildman–Crippen LogP) is 3.47. The van der Waals surface area contributed by atoms with Crippen molar-refractivity contribution >= 4 is 29.7 Å². The van der Waals surface area contributed by atoms with Crippen molar-refractivity contribution in [1.82, 2.24) is 19.4 Å². The van der Waals surface area contributed by atoms with Crippen LogP contribution in [-0.4, -0.2) is 71.1 Å². The second-order valence-electron chi connectivity index (χ2n) is 9.40. The van der Waals surface area contributed by atoms with Crippen LogP contribution in [0.15, 0.2) is 59.1 Å². The minimum absolute atomic E-state index is 0.00104. The Kier molecular flexibility index (Phi) is 16.5. The zero-order valence-corrected chi connectivity index (χ0v) is 24.6. The molecular weight excluding hydrogens is 512 g/mol. The second kappa shape index (κ2) is 18.7. The molecule has 0 saturated carbocycles. The summed E-state index contributed by atoms with van der Waals surface area (Å²) >= 11 is 0. The number of pyridine rings is 1. The van der Waals surface area contributed by atoms with Crippen molar-refractivity contribution in [1.29, 1.82) is 0 Å². The summed E-state index contributed by atoms with van der Waals surface area (Å²) < 4.78 is 1.70. The van der Waals surface area contributed by atoms with E-state index in [0.717, 1.165) is 40.3 Å². The molecule has 3 amide bonds. The molecule has 0 bridgehead atoms. The molecule has 11 heteroatoms. The lowest BCUT2D eigenvalue weighted by Crippen LogP contribution is -2.23. The number of carboxylic acid groups (broad SMARTS) is 1. The molecule has 0 aromatic carbocycles. The fraction of sp³-hybridized carbons (Fsp3) is 0.379. The van der Waals surface area contributed by atoms with E-state index in [-0.39, 0.29) is 17.9 Å². The number of carbonyl (C=O) groups excluding carboxylic acids is 2. The van der Waals surface area contributed by atoms with Crippen LogP contribution in [0.25, 0.3) is 5.57 Å². The lowest BCUT2D eigenvalue weighted by Gasteiger charge is -2.07. The number of nitrogens with two attached hydrogens (primary N) is 2. The molecule has 0 fully saturated rings. The molecule has 2 rings (SSSR count). The fourth-order valence-corrected chi connectivity index (χ4v) is 3.29. The molecule has 0 saturated heterocycles. The van der Waals surface area contributed by atoms with Crippen LogP contribution in [-0.2, 0) is 22.6 Å². The zero-order chi connectivity index (χ0) is 30.8. The predicted molar refractivity (Wildman–Crippen MR) is 161 cm³/mol. The van der Waals surface area contributed by atoms with Gasteiger partial charge >= 0.3 is 6.09 Å². The van der Waals surface area contributed by atoms with Gasteiger partial charge < -0.3 is 35.9 Å². The maximum atomic E-state index is 12.9. The third kappa shape index (κ3) is 13.3. The zero-order valence-electron chi connectivity index (χ0n) is 24.6. The smallest absolute Gasteiger partial charge is 0.406 e. The number of aromatic amines is 1. The number of nitrogen functional groups attached to an aromatic ring is 1. The molecule has 0 atom stereocenters. The molecule has 2 aromatic rings. The first-order chi connectivity index (χ1) is 18.8. The SMILES string of the molecule is C/C=C(/C=C(C)C)c1[nH]c(Cn2cccc(CCC/C=C/C(=O)N(C)C)c2=O)cc1N.CN(C)C(=O)O.NC=O. The summed E-state index contributed by atoms with van der Waals surface area (Å²) in [5.41, 5.74) is 15.8. The molecule has 0 spiro atoms. The number of H-pyrrole nitrogens is 1. The Labute approximate surface area is 236 Å². The number of rotatable bonds is 9. The second-order valence-corrected chi connectivity index (χ2v) is 9.40. The van der Waals surface area contributed by atoms with Crippen molar-refractivity contribution in [3.8, 4) is 0 Å². The molecule has 11 nitrogen and oxygen atoms in total. The van der Waals surface area contributed by atoms with Gasteiger partial charge in [0.1, 0.15) is 0 Å². The van der Waals surface area contributed by atoms with E-state index >= 15 is 0 Å². The number of amides is 3. The number of carbonyl (C=O) groups is 3. The first-order valence-corrected chi connectivity index (χ1v) is 12.7. The topological polar surface area (TPSA) is 168 Å². The van der Waals surface area contributed by atoms with E-state index in [0.29, 0.717) is 18.7 Å². The van der Waals surface area contributed by atoms with Gasteiger partial charge in [0.05, 0.1) is 17.9 Å². The van der Waals surface area contributed by atoms with E-state index in [1.807, 2.05) is 51.1 Å². The lowest BCUT2D eigenvalue weighted by atomic mass is 10.1. The summed E-state index contributed by atoms with van der Waals surface area (Å²) in [6.07, 6.45) is 10.9. The van der Waals surface area contributed by atoms with E-state index < -0.39 is 6.09 Å². The Balaban J connectivity index is 0.00000147. The summed E-state index contributed by atoms with van der Waals surface area (Å²) in [6.45, 7) is 6.50. The van der Waals surface area contributed by atoms with E-state index in [2.05, 4.69) is 16.8 Å². The highest BCUT2D eigenvalue weighted by molar-refractivity contribution is 5.87. The molecule has 0 aliphatic heterocycles. The van der Waals surface area contributed by atoms with Gasteiger partial charge in [0.2, 0.25) is 12.3 Å². The Bertz CT molecular complexity index is 1250. The Morgan fingerprint density at radius 3 is 2.25 bits per heavy atom. The summed E-state index contributed by atoms with van der Waals surface area (Å²) in [5, 5.41) is 7.92. The summed E-state index contributed by atoms with van der Waals surface area (Å²) in [7, 11) is 6.39. The van der Waals surface area contributed by atoms with Gasteiger partial charge in [0.15, 0.2) is 0 Å². The van der Waals surface area contributed by atoms with Crippen molar-refractivity contribution in [3.63, 3.8) is 0 Å². The first kappa shape index (κ1) is 35.5. The molecule has 6 N–H and O–H groups in total. The van der Waals surface area contributed by atoms with Crippen LogP contribution < -0.4 is 17.0 Å². The van der Waals surface area contributed by atoms with Crippen LogP contribution in [0.5, 0.6) is 0 Å². The Morgan fingerprint density at radius 1 is 1.15 bits per heavy atom. The number of unbranched alkanes of at least 4 members (excludes halogenated alkanes) is 1. The number of anilines is 1. The van der Waals surface area contributed by atoms with Gasteiger partial charge in [-0.3, -0.25) is 14.4 Å². The highest BCUT2D eigenvalue weighted by Crippen LogP contribution is 2.24. The summed E-state index contributed by atoms with van der Waals surface area (Å²) in [4.78, 5) is 48.6. The standard InChI is InChI=1S/C25H34N4O2.C3H7NO2.CH3NO/c1-6-19(15-18(2)3)24-22(26)16-21(27-24)17-29-14-10-12-20(25(29)31)11-8-7-9-13-23(30)28(4)5;1-4(2)3(5)6;2-1-3/h6,9-10,12-16,27H,7-8,11,17,26H2,1-5H3;1-2H3,(H,5,6);1H,(H2,2,3)/b13-9+,19-6-;;. The van der Waals surface area contributed by atoms with Crippen LogP contribution in [0.2, 0.25) is 0 Å². The molecule has 220 valence electrons. The van der Waals surface area contributed by atoms with Gasteiger partial charge in [-0.2, -0.15) is 0 Å². The molecule has 0 aliphatic rings. The van der Waals surface area contributed by atoms with Crippen molar-refractivity contribution < 1.29 is 19.5 Å². The summed E-state index contributed by atoms with van der Waals surface area (Å²) in [5.74, 6) is -0.0303. The van der Waals surface area contributed by atoms with E-state index in [1.165, 1.54) is 24.6 Å². The minimum Gasteiger partial charge on any atom is -0.465 e. The van der Waals surface area contributed by atoms with Gasteiger partial charge in [-0.05, 0) is 63.8 Å². The van der Waals surface area contributed by atoms with Gasteiger partial charge in [0.25, 0.3) is 5.56 Å². The molecule has 2 aromatic heterocycles. The quantitative estimate of drug-likeness (QED) is 0.160. The number of allylic oxidation sites excluding steroid dienone is 5. The van der Waals surface area contributed by atoms with Gasteiger partial charge in [-0.15, -0.1) is 0 Å². The fourth-order valence-electron chi connectivity index (χ4n) is 3.29. The van der Waals surface area contributed by atoms with E-state index in [4.69, 9.17) is 15.6 Å². The van der Waals surface area contributed by atoms with Crippen LogP contribution in [0, 0.1) is 0 Å². The third-order valence-electron chi connectivity index (χ3n) is 5.29. The molecule has 2 heterocycles. The summed E-state index contributed by atoms with van der Waals surface area (Å²) in [6, 6.07) is 5.66. The number of aryl methyl sites for hydroxylation is 1. The Morgan fingerprint density at radius 2 is 1.75 bits per heavy atom. The van der Waals surface area contributed by atoms with Crippen LogP contribution in [0.1, 0.15) is 50.6 Å².